The normalized spacial score (nSPS) is 20.0. The van der Waals surface area contributed by atoms with Gasteiger partial charge in [-0.25, -0.2) is 14.5 Å². The second-order valence-corrected chi connectivity index (χ2v) is 6.92. The van der Waals surface area contributed by atoms with Gasteiger partial charge in [0.15, 0.2) is 0 Å². The molecule has 7 heteroatoms. The van der Waals surface area contributed by atoms with Crippen LogP contribution in [0.15, 0.2) is 54.6 Å². The Hall–Kier alpha value is -2.86. The third-order valence-corrected chi connectivity index (χ3v) is 4.87. The van der Waals surface area contributed by atoms with Crippen LogP contribution in [-0.2, 0) is 25.5 Å². The Bertz CT molecular complexity index is 901. The minimum absolute atomic E-state index is 0.0508. The molecule has 6 nitrogen and oxygen atoms in total. The molecule has 1 unspecified atom stereocenters. The largest absolute Gasteiger partial charge is 0.463 e. The molecule has 0 spiro atoms. The van der Waals surface area contributed by atoms with Crippen molar-refractivity contribution in [2.24, 2.45) is 0 Å². The van der Waals surface area contributed by atoms with E-state index in [9.17, 15) is 14.4 Å². The molecule has 1 fully saturated rings. The number of carbonyl (C=O) groups is 3. The average Bonchev–Trinajstić information content (AvgIpc) is 2.93. The van der Waals surface area contributed by atoms with Crippen LogP contribution in [0.25, 0.3) is 0 Å². The summed E-state index contributed by atoms with van der Waals surface area (Å²) in [5, 5.41) is 0.447. The summed E-state index contributed by atoms with van der Waals surface area (Å²) in [4.78, 5) is 39.6. The van der Waals surface area contributed by atoms with Gasteiger partial charge in [0, 0.05) is 11.4 Å². The molecule has 0 bridgehead atoms. The van der Waals surface area contributed by atoms with E-state index >= 15 is 0 Å². The predicted molar refractivity (Wildman–Crippen MR) is 103 cm³/mol. The highest BCUT2D eigenvalue weighted by Gasteiger charge is 2.61. The number of benzene rings is 2. The maximum Gasteiger partial charge on any atom is 0.418 e. The lowest BCUT2D eigenvalue weighted by Crippen LogP contribution is -2.51. The molecule has 2 atom stereocenters. The number of amides is 2. The SMILES string of the molecule is CCOC(=O)C1(Cc2cccc(Cl)c2)OC(=O)N([C@H](C)c2ccccc2)C1=O. The predicted octanol–water partition coefficient (Wildman–Crippen LogP) is 3.92. The summed E-state index contributed by atoms with van der Waals surface area (Å²) in [6, 6.07) is 15.1. The quantitative estimate of drug-likeness (QED) is 0.541. The molecule has 2 aromatic rings. The number of esters is 1. The first kappa shape index (κ1) is 19.9. The molecule has 0 radical (unpaired) electrons. The molecule has 0 aromatic heterocycles. The van der Waals surface area contributed by atoms with Crippen molar-refractivity contribution < 1.29 is 23.9 Å². The topological polar surface area (TPSA) is 72.9 Å². The van der Waals surface area contributed by atoms with Gasteiger partial charge in [0.05, 0.1) is 12.6 Å². The Morgan fingerprint density at radius 1 is 1.18 bits per heavy atom. The fraction of sp³-hybridized carbons (Fsp3) is 0.286. The third-order valence-electron chi connectivity index (χ3n) is 4.64. The van der Waals surface area contributed by atoms with Crippen molar-refractivity contribution in [2.75, 3.05) is 6.61 Å². The minimum atomic E-state index is -2.07. The van der Waals surface area contributed by atoms with Gasteiger partial charge in [0.1, 0.15) is 0 Å². The number of cyclic esters (lactones) is 1. The van der Waals surface area contributed by atoms with Gasteiger partial charge < -0.3 is 9.47 Å². The van der Waals surface area contributed by atoms with E-state index in [1.165, 1.54) is 0 Å². The molecule has 0 N–H and O–H groups in total. The molecule has 2 amide bonds. The first-order valence-corrected chi connectivity index (χ1v) is 9.30. The van der Waals surface area contributed by atoms with E-state index < -0.39 is 29.6 Å². The molecule has 1 aliphatic heterocycles. The van der Waals surface area contributed by atoms with Crippen molar-refractivity contribution in [3.63, 3.8) is 0 Å². The van der Waals surface area contributed by atoms with Gasteiger partial charge in [-0.05, 0) is 37.1 Å². The molecule has 0 saturated carbocycles. The highest BCUT2D eigenvalue weighted by molar-refractivity contribution is 6.30. The number of rotatable bonds is 6. The summed E-state index contributed by atoms with van der Waals surface area (Å²) in [5.41, 5.74) is -0.744. The maximum atomic E-state index is 13.3. The number of hydrogen-bond acceptors (Lipinski definition) is 5. The monoisotopic (exact) mass is 401 g/mol. The first-order chi connectivity index (χ1) is 13.4. The van der Waals surface area contributed by atoms with Crippen LogP contribution in [0.2, 0.25) is 5.02 Å². The summed E-state index contributed by atoms with van der Waals surface area (Å²) in [5.74, 6) is -1.64. The Labute approximate surface area is 168 Å². The van der Waals surface area contributed by atoms with Gasteiger partial charge in [0.2, 0.25) is 0 Å². The summed E-state index contributed by atoms with van der Waals surface area (Å²) >= 11 is 6.02. The highest BCUT2D eigenvalue weighted by atomic mass is 35.5. The number of halogens is 1. The van der Waals surface area contributed by atoms with Gasteiger partial charge in [-0.15, -0.1) is 0 Å². The van der Waals surface area contributed by atoms with Crippen LogP contribution in [0, 0.1) is 0 Å². The first-order valence-electron chi connectivity index (χ1n) is 8.92. The van der Waals surface area contributed by atoms with E-state index in [1.54, 1.807) is 50.2 Å². The van der Waals surface area contributed by atoms with Crippen LogP contribution in [0.3, 0.4) is 0 Å². The fourth-order valence-corrected chi connectivity index (χ4v) is 3.44. The number of imide groups is 1. The number of ether oxygens (including phenoxy) is 2. The number of carbonyl (C=O) groups excluding carboxylic acids is 3. The molecular weight excluding hydrogens is 382 g/mol. The van der Waals surface area contributed by atoms with Gasteiger partial charge in [-0.2, -0.15) is 0 Å². The molecule has 1 heterocycles. The van der Waals surface area contributed by atoms with E-state index in [0.29, 0.717) is 10.6 Å². The summed E-state index contributed by atoms with van der Waals surface area (Å²) in [6.07, 6.45) is -1.04. The molecule has 0 aliphatic carbocycles. The number of nitrogens with zero attached hydrogens (tertiary/aromatic N) is 1. The van der Waals surface area contributed by atoms with Crippen LogP contribution >= 0.6 is 11.6 Å². The lowest BCUT2D eigenvalue weighted by atomic mass is 9.92. The smallest absolute Gasteiger partial charge is 0.418 e. The van der Waals surface area contributed by atoms with E-state index in [4.69, 9.17) is 21.1 Å². The molecule has 1 aliphatic rings. The second kappa shape index (κ2) is 8.02. The minimum Gasteiger partial charge on any atom is -0.463 e. The Morgan fingerprint density at radius 3 is 2.54 bits per heavy atom. The Kier molecular flexibility index (Phi) is 5.70. The van der Waals surface area contributed by atoms with Gasteiger partial charge >= 0.3 is 12.1 Å². The zero-order valence-electron chi connectivity index (χ0n) is 15.6. The highest BCUT2D eigenvalue weighted by Crippen LogP contribution is 2.35. The number of hydrogen-bond donors (Lipinski definition) is 0. The van der Waals surface area contributed by atoms with Crippen LogP contribution in [0.5, 0.6) is 0 Å². The van der Waals surface area contributed by atoms with Gasteiger partial charge in [0.25, 0.3) is 11.5 Å². The van der Waals surface area contributed by atoms with Crippen molar-refractivity contribution in [2.45, 2.75) is 31.9 Å². The standard InChI is InChI=1S/C21H20ClNO5/c1-3-27-19(25)21(13-15-8-7-11-17(22)12-15)18(24)23(20(26)28-21)14(2)16-9-5-4-6-10-16/h4-12,14H,3,13H2,1-2H3/t14-,21?/m1/s1. The fourth-order valence-electron chi connectivity index (χ4n) is 3.23. The van der Waals surface area contributed by atoms with E-state index in [1.807, 2.05) is 18.2 Å². The van der Waals surface area contributed by atoms with E-state index in [0.717, 1.165) is 10.5 Å². The van der Waals surface area contributed by atoms with Gasteiger partial charge in [-0.1, -0.05) is 54.1 Å². The van der Waals surface area contributed by atoms with Crippen LogP contribution in [0.4, 0.5) is 4.79 Å². The van der Waals surface area contributed by atoms with Crippen molar-refractivity contribution >= 4 is 29.6 Å². The molecule has 3 rings (SSSR count). The van der Waals surface area contributed by atoms with Crippen LogP contribution in [-0.4, -0.2) is 35.1 Å². The summed E-state index contributed by atoms with van der Waals surface area (Å²) in [6.45, 7) is 3.38. The second-order valence-electron chi connectivity index (χ2n) is 6.48. The van der Waals surface area contributed by atoms with Crippen LogP contribution in [0.1, 0.15) is 31.0 Å². The Morgan fingerprint density at radius 2 is 1.89 bits per heavy atom. The lowest BCUT2D eigenvalue weighted by molar-refractivity contribution is -0.167. The van der Waals surface area contributed by atoms with Gasteiger partial charge in [-0.3, -0.25) is 4.79 Å². The molecule has 28 heavy (non-hydrogen) atoms. The zero-order chi connectivity index (χ0) is 20.3. The molecular formula is C21H20ClNO5. The summed E-state index contributed by atoms with van der Waals surface area (Å²) < 4.78 is 10.5. The van der Waals surface area contributed by atoms with E-state index in [-0.39, 0.29) is 13.0 Å². The average molecular weight is 402 g/mol. The third kappa shape index (κ3) is 3.60. The van der Waals surface area contributed by atoms with Crippen molar-refractivity contribution in [1.82, 2.24) is 4.90 Å². The van der Waals surface area contributed by atoms with E-state index in [2.05, 4.69) is 0 Å². The molecule has 146 valence electrons. The summed E-state index contributed by atoms with van der Waals surface area (Å²) in [7, 11) is 0. The molecule has 1 saturated heterocycles. The van der Waals surface area contributed by atoms with Crippen LogP contribution < -0.4 is 0 Å². The lowest BCUT2D eigenvalue weighted by Gasteiger charge is -2.24. The van der Waals surface area contributed by atoms with Crippen molar-refractivity contribution in [1.29, 1.82) is 0 Å². The Balaban J connectivity index is 1.99. The molecule has 2 aromatic carbocycles. The van der Waals surface area contributed by atoms with Crippen molar-refractivity contribution in [3.8, 4) is 0 Å². The zero-order valence-corrected chi connectivity index (χ0v) is 16.3. The van der Waals surface area contributed by atoms with Crippen molar-refractivity contribution in [3.05, 3.63) is 70.7 Å². The maximum absolute atomic E-state index is 13.3.